The number of benzene rings is 3. The van der Waals surface area contributed by atoms with Crippen molar-refractivity contribution in [3.8, 4) is 0 Å². The van der Waals surface area contributed by atoms with Crippen LogP contribution in [0, 0.1) is 18.3 Å². The van der Waals surface area contributed by atoms with E-state index in [9.17, 15) is 22.8 Å². The summed E-state index contributed by atoms with van der Waals surface area (Å²) in [4.78, 5) is 39.1. The Morgan fingerprint density at radius 3 is 2.25 bits per heavy atom. The van der Waals surface area contributed by atoms with Crippen molar-refractivity contribution in [2.24, 2.45) is 11.3 Å². The zero-order valence-corrected chi connectivity index (χ0v) is 30.4. The van der Waals surface area contributed by atoms with Crippen LogP contribution in [0.3, 0.4) is 0 Å². The smallest absolute Gasteiger partial charge is 0.378 e. The Kier molecular flexibility index (Phi) is 9.63. The number of aryl methyl sites for hydroxylation is 1. The highest BCUT2D eigenvalue weighted by molar-refractivity contribution is 6.01. The number of aromatic nitrogens is 1. The lowest BCUT2D eigenvalue weighted by molar-refractivity contribution is -0.150. The summed E-state index contributed by atoms with van der Waals surface area (Å²) >= 11 is 0. The Morgan fingerprint density at radius 2 is 1.60 bits per heavy atom. The van der Waals surface area contributed by atoms with Crippen molar-refractivity contribution in [1.82, 2.24) is 14.8 Å². The second kappa shape index (κ2) is 13.9. The van der Waals surface area contributed by atoms with Crippen molar-refractivity contribution in [2.45, 2.75) is 64.2 Å². The first-order chi connectivity index (χ1) is 24.8. The lowest BCUT2D eigenvalue weighted by Gasteiger charge is -2.47. The van der Waals surface area contributed by atoms with E-state index in [4.69, 9.17) is 4.74 Å². The van der Waals surface area contributed by atoms with E-state index in [1.54, 1.807) is 4.90 Å². The topological polar surface area (TPSA) is 80.9 Å². The molecule has 2 atom stereocenters. The largest absolute Gasteiger partial charge is 0.416 e. The van der Waals surface area contributed by atoms with Crippen molar-refractivity contribution in [3.05, 3.63) is 95.2 Å². The van der Waals surface area contributed by atoms with Crippen molar-refractivity contribution < 1.29 is 27.5 Å². The molecule has 2 N–H and O–H groups in total. The summed E-state index contributed by atoms with van der Waals surface area (Å²) in [6.07, 6.45) is -3.47. The van der Waals surface area contributed by atoms with Gasteiger partial charge in [-0.2, -0.15) is 13.2 Å². The molecule has 0 unspecified atom stereocenters. The van der Waals surface area contributed by atoms with Crippen LogP contribution in [-0.4, -0.2) is 78.6 Å². The third-order valence-electron chi connectivity index (χ3n) is 11.9. The van der Waals surface area contributed by atoms with Crippen LogP contribution in [0.4, 0.5) is 24.5 Å². The summed E-state index contributed by atoms with van der Waals surface area (Å²) in [5, 5.41) is 4.30. The van der Waals surface area contributed by atoms with Gasteiger partial charge in [0, 0.05) is 67.1 Å². The minimum atomic E-state index is -4.48. The number of amides is 2. The number of likely N-dealkylation sites (tertiary alicyclic amines) is 1. The van der Waals surface area contributed by atoms with Gasteiger partial charge in [0.05, 0.1) is 18.8 Å². The number of para-hydroxylation sites is 1. The minimum absolute atomic E-state index is 0.0205. The summed E-state index contributed by atoms with van der Waals surface area (Å²) in [5.41, 5.74) is 3.45. The maximum atomic E-state index is 14.9. The number of alkyl halides is 3. The number of morpholine rings is 1. The van der Waals surface area contributed by atoms with Crippen molar-refractivity contribution in [1.29, 1.82) is 0 Å². The Labute approximate surface area is 303 Å². The molecule has 0 radical (unpaired) electrons. The highest BCUT2D eigenvalue weighted by Crippen LogP contribution is 2.67. The number of rotatable bonds is 9. The summed E-state index contributed by atoms with van der Waals surface area (Å²) < 4.78 is 46.0. The van der Waals surface area contributed by atoms with Crippen molar-refractivity contribution in [3.63, 3.8) is 0 Å². The van der Waals surface area contributed by atoms with Crippen LogP contribution in [-0.2, 0) is 27.0 Å². The van der Waals surface area contributed by atoms with E-state index in [2.05, 4.69) is 53.0 Å². The fourth-order valence-electron chi connectivity index (χ4n) is 8.59. The summed E-state index contributed by atoms with van der Waals surface area (Å²) in [6.45, 7) is 10.6. The third-order valence-corrected chi connectivity index (χ3v) is 11.9. The average molecular weight is 716 g/mol. The van der Waals surface area contributed by atoms with Gasteiger partial charge in [-0.25, -0.2) is 0 Å². The zero-order valence-electron chi connectivity index (χ0n) is 30.4. The number of piperidine rings is 1. The van der Waals surface area contributed by atoms with Gasteiger partial charge in [0.15, 0.2) is 0 Å². The van der Waals surface area contributed by atoms with Gasteiger partial charge in [-0.1, -0.05) is 44.2 Å². The Bertz CT molecular complexity index is 1910. The van der Waals surface area contributed by atoms with Crippen LogP contribution in [0.1, 0.15) is 61.4 Å². The van der Waals surface area contributed by atoms with Gasteiger partial charge in [0.1, 0.15) is 5.54 Å². The van der Waals surface area contributed by atoms with Gasteiger partial charge in [-0.05, 0) is 97.7 Å². The first-order valence-electron chi connectivity index (χ1n) is 18.2. The highest BCUT2D eigenvalue weighted by atomic mass is 19.4. The van der Waals surface area contributed by atoms with Crippen LogP contribution in [0.5, 0.6) is 0 Å². The molecule has 276 valence electrons. The van der Waals surface area contributed by atoms with Gasteiger partial charge < -0.3 is 29.7 Å². The molecule has 3 heterocycles. The number of carbonyl (C=O) groups excluding carboxylic acids is 2. The van der Waals surface area contributed by atoms with Crippen LogP contribution in [0.2, 0.25) is 0 Å². The molecule has 3 aliphatic rings. The van der Waals surface area contributed by atoms with E-state index >= 15 is 0 Å². The second-order valence-electron chi connectivity index (χ2n) is 15.4. The van der Waals surface area contributed by atoms with Gasteiger partial charge in [-0.3, -0.25) is 9.59 Å². The number of H-pyrrole nitrogens is 1. The quantitative estimate of drug-likeness (QED) is 0.187. The predicted octanol–water partition coefficient (Wildman–Crippen LogP) is 7.59. The van der Waals surface area contributed by atoms with Crippen LogP contribution < -0.4 is 10.2 Å². The van der Waals surface area contributed by atoms with Crippen molar-refractivity contribution in [2.75, 3.05) is 56.7 Å². The number of anilines is 2. The van der Waals surface area contributed by atoms with E-state index < -0.39 is 17.3 Å². The zero-order chi connectivity index (χ0) is 36.8. The first-order valence-corrected chi connectivity index (χ1v) is 18.2. The second-order valence-corrected chi connectivity index (χ2v) is 15.4. The summed E-state index contributed by atoms with van der Waals surface area (Å²) in [6, 6.07) is 20.9. The van der Waals surface area contributed by atoms with Gasteiger partial charge in [0.2, 0.25) is 11.8 Å². The molecule has 4 aromatic rings. The van der Waals surface area contributed by atoms with Gasteiger partial charge in [0.25, 0.3) is 0 Å². The molecular weight excluding hydrogens is 667 g/mol. The number of nitrogens with zero attached hydrogens (tertiary/aromatic N) is 3. The number of carbonyl (C=O) groups is 2. The molecule has 0 spiro atoms. The molecule has 2 saturated heterocycles. The molecule has 1 aromatic heterocycles. The molecule has 7 rings (SSSR count). The maximum absolute atomic E-state index is 14.9. The normalized spacial score (nSPS) is 21.6. The standard InChI is InChI=1S/C41H48F3N5O3/c1-27-36(32-7-5-6-8-34(32)45-27)37-33(39(37,2)3)25-35(50)49(26-28-9-11-29(12-10-28)41(42,43)44)40(17-19-47(4)20-18-40)38(51)46-30-13-15-31(16-14-30)48-21-23-52-24-22-48/h5-16,33,37,45H,17-26H2,1-4H3,(H,46,51)/t33-,37-/m0/s1. The monoisotopic (exact) mass is 715 g/mol. The molecule has 3 fully saturated rings. The fraction of sp³-hybridized carbons (Fsp3) is 0.463. The van der Waals surface area contributed by atoms with E-state index in [1.165, 1.54) is 17.7 Å². The van der Waals surface area contributed by atoms with E-state index in [0.717, 1.165) is 47.5 Å². The molecule has 2 amide bonds. The van der Waals surface area contributed by atoms with E-state index in [-0.39, 0.29) is 42.0 Å². The number of nitrogens with one attached hydrogen (secondary N) is 2. The number of hydrogen-bond donors (Lipinski definition) is 2. The number of aromatic amines is 1. The van der Waals surface area contributed by atoms with E-state index in [0.29, 0.717) is 50.4 Å². The fourth-order valence-corrected chi connectivity index (χ4v) is 8.59. The first kappa shape index (κ1) is 36.0. The number of fused-ring (bicyclic) bond motifs is 1. The third kappa shape index (κ3) is 6.92. The molecule has 2 aliphatic heterocycles. The predicted molar refractivity (Wildman–Crippen MR) is 197 cm³/mol. The molecule has 3 aromatic carbocycles. The maximum Gasteiger partial charge on any atom is 0.416 e. The van der Waals surface area contributed by atoms with Gasteiger partial charge >= 0.3 is 6.18 Å². The Morgan fingerprint density at radius 1 is 0.942 bits per heavy atom. The molecule has 1 saturated carbocycles. The Hall–Kier alpha value is -4.35. The summed E-state index contributed by atoms with van der Waals surface area (Å²) in [7, 11) is 2.00. The lowest BCUT2D eigenvalue weighted by atomic mass is 9.83. The summed E-state index contributed by atoms with van der Waals surface area (Å²) in [5.74, 6) is -0.292. The van der Waals surface area contributed by atoms with Gasteiger partial charge in [-0.15, -0.1) is 0 Å². The molecular formula is C41H48F3N5O3. The molecule has 0 bridgehead atoms. The molecule has 52 heavy (non-hydrogen) atoms. The van der Waals surface area contributed by atoms with Crippen molar-refractivity contribution >= 4 is 34.1 Å². The Balaban J connectivity index is 1.20. The van der Waals surface area contributed by atoms with Crippen LogP contribution >= 0.6 is 0 Å². The lowest BCUT2D eigenvalue weighted by Crippen LogP contribution is -2.62. The molecule has 11 heteroatoms. The minimum Gasteiger partial charge on any atom is -0.378 e. The molecule has 8 nitrogen and oxygen atoms in total. The SMILES string of the molecule is Cc1[nH]c2ccccc2c1[C@@H]1[C@H](CC(=O)N(Cc2ccc(C(F)(F)F)cc2)C2(C(=O)Nc3ccc(N4CCOCC4)cc3)CCN(C)CC2)C1(C)C. The average Bonchev–Trinajstić information content (AvgIpc) is 3.47. The van der Waals surface area contributed by atoms with E-state index in [1.807, 2.05) is 43.4 Å². The number of halogens is 3. The van der Waals surface area contributed by atoms with Crippen LogP contribution in [0.15, 0.2) is 72.8 Å². The number of ether oxygens (including phenoxy) is 1. The van der Waals surface area contributed by atoms with Crippen LogP contribution in [0.25, 0.3) is 10.9 Å². The highest BCUT2D eigenvalue weighted by Gasteiger charge is 2.60. The molecule has 1 aliphatic carbocycles. The number of hydrogen-bond acceptors (Lipinski definition) is 5.